The quantitative estimate of drug-likeness (QED) is 0.815. The molecule has 0 saturated carbocycles. The number of rotatable bonds is 3. The molecule has 0 spiro atoms. The largest absolute Gasteiger partial charge is 0.380 e. The molecule has 0 aliphatic carbocycles. The Morgan fingerprint density at radius 2 is 2.06 bits per heavy atom. The van der Waals surface area contributed by atoms with Crippen molar-refractivity contribution in [2.75, 3.05) is 33.4 Å². The average molecular weight is 240 g/mol. The van der Waals surface area contributed by atoms with Crippen LogP contribution in [0.1, 0.15) is 39.5 Å². The van der Waals surface area contributed by atoms with Crippen LogP contribution in [-0.4, -0.2) is 50.3 Å². The summed E-state index contributed by atoms with van der Waals surface area (Å²) in [5, 5.41) is 3.46. The van der Waals surface area contributed by atoms with E-state index in [2.05, 4.69) is 31.1 Å². The molecule has 2 saturated heterocycles. The van der Waals surface area contributed by atoms with E-state index >= 15 is 0 Å². The van der Waals surface area contributed by atoms with Crippen molar-refractivity contribution in [3.8, 4) is 0 Å². The fourth-order valence-corrected chi connectivity index (χ4v) is 3.17. The fraction of sp³-hybridized carbons (Fsp3) is 1.00. The molecule has 0 aromatic heterocycles. The van der Waals surface area contributed by atoms with Crippen molar-refractivity contribution in [2.45, 2.75) is 51.6 Å². The summed E-state index contributed by atoms with van der Waals surface area (Å²) >= 11 is 0. The maximum Gasteiger partial charge on any atom is 0.0637 e. The number of likely N-dealkylation sites (N-methyl/N-ethyl adjacent to an activating group) is 1. The fourth-order valence-electron chi connectivity index (χ4n) is 3.17. The number of hydrogen-bond acceptors (Lipinski definition) is 3. The van der Waals surface area contributed by atoms with Crippen molar-refractivity contribution >= 4 is 0 Å². The highest BCUT2D eigenvalue weighted by Crippen LogP contribution is 2.35. The van der Waals surface area contributed by atoms with E-state index in [0.29, 0.717) is 17.5 Å². The van der Waals surface area contributed by atoms with Gasteiger partial charge < -0.3 is 10.1 Å². The third kappa shape index (κ3) is 3.01. The normalized spacial score (nSPS) is 34.8. The van der Waals surface area contributed by atoms with Gasteiger partial charge in [0.1, 0.15) is 0 Å². The molecule has 0 aromatic rings. The molecule has 17 heavy (non-hydrogen) atoms. The van der Waals surface area contributed by atoms with Crippen molar-refractivity contribution in [3.63, 3.8) is 0 Å². The zero-order valence-electron chi connectivity index (χ0n) is 11.7. The van der Waals surface area contributed by atoms with Crippen LogP contribution in [0.2, 0.25) is 0 Å². The first kappa shape index (κ1) is 13.3. The molecule has 0 amide bonds. The van der Waals surface area contributed by atoms with Crippen molar-refractivity contribution < 1.29 is 4.74 Å². The van der Waals surface area contributed by atoms with Gasteiger partial charge in [-0.05, 0) is 44.8 Å². The van der Waals surface area contributed by atoms with Gasteiger partial charge in [-0.15, -0.1) is 0 Å². The highest BCUT2D eigenvalue weighted by atomic mass is 16.5. The Bertz CT molecular complexity index is 236. The van der Waals surface area contributed by atoms with E-state index in [-0.39, 0.29) is 0 Å². The smallest absolute Gasteiger partial charge is 0.0637 e. The second-order valence-electron chi connectivity index (χ2n) is 6.03. The minimum atomic E-state index is 0.584. The van der Waals surface area contributed by atoms with E-state index in [1.165, 1.54) is 32.4 Å². The molecule has 2 heterocycles. The predicted molar refractivity (Wildman–Crippen MR) is 71.3 cm³/mol. The summed E-state index contributed by atoms with van der Waals surface area (Å²) in [6.45, 7) is 9.09. The molecule has 3 nitrogen and oxygen atoms in total. The summed E-state index contributed by atoms with van der Waals surface area (Å²) in [5.74, 6) is 0. The van der Waals surface area contributed by atoms with Gasteiger partial charge in [-0.1, -0.05) is 20.3 Å². The van der Waals surface area contributed by atoms with Gasteiger partial charge in [-0.2, -0.15) is 0 Å². The first-order valence-corrected chi connectivity index (χ1v) is 7.17. The monoisotopic (exact) mass is 240 g/mol. The molecular formula is C14H28N2O. The summed E-state index contributed by atoms with van der Waals surface area (Å²) in [7, 11) is 2.09. The minimum Gasteiger partial charge on any atom is -0.380 e. The van der Waals surface area contributed by atoms with Crippen LogP contribution in [0.3, 0.4) is 0 Å². The minimum absolute atomic E-state index is 0.584. The lowest BCUT2D eigenvalue weighted by molar-refractivity contribution is -0.0233. The van der Waals surface area contributed by atoms with E-state index < -0.39 is 0 Å². The third-order valence-corrected chi connectivity index (χ3v) is 5.02. The summed E-state index contributed by atoms with van der Waals surface area (Å²) in [6.07, 6.45) is 5.16. The van der Waals surface area contributed by atoms with Crippen molar-refractivity contribution in [1.82, 2.24) is 10.2 Å². The van der Waals surface area contributed by atoms with E-state index in [1.807, 2.05) is 0 Å². The van der Waals surface area contributed by atoms with Crippen LogP contribution < -0.4 is 5.32 Å². The van der Waals surface area contributed by atoms with Crippen LogP contribution in [0.25, 0.3) is 0 Å². The molecule has 0 bridgehead atoms. The first-order chi connectivity index (χ1) is 8.18. The third-order valence-electron chi connectivity index (χ3n) is 5.02. The average Bonchev–Trinajstić information content (AvgIpc) is 2.40. The van der Waals surface area contributed by atoms with Crippen molar-refractivity contribution in [2.24, 2.45) is 5.41 Å². The molecule has 3 heteroatoms. The lowest BCUT2D eigenvalue weighted by atomic mass is 9.77. The van der Waals surface area contributed by atoms with Crippen LogP contribution in [0.15, 0.2) is 0 Å². The first-order valence-electron chi connectivity index (χ1n) is 7.17. The Labute approximate surface area is 106 Å². The van der Waals surface area contributed by atoms with E-state index in [9.17, 15) is 0 Å². The molecule has 1 N–H and O–H groups in total. The number of nitrogens with zero attached hydrogens (tertiary/aromatic N) is 1. The molecule has 0 radical (unpaired) electrons. The van der Waals surface area contributed by atoms with Gasteiger partial charge in [-0.3, -0.25) is 4.90 Å². The van der Waals surface area contributed by atoms with E-state index in [0.717, 1.165) is 19.6 Å². The Hall–Kier alpha value is -0.120. The highest BCUT2D eigenvalue weighted by molar-refractivity contribution is 4.91. The number of piperidine rings is 1. The Morgan fingerprint density at radius 3 is 2.65 bits per heavy atom. The lowest BCUT2D eigenvalue weighted by Crippen LogP contribution is -2.57. The molecule has 2 rings (SSSR count). The van der Waals surface area contributed by atoms with Gasteiger partial charge in [0, 0.05) is 18.7 Å². The van der Waals surface area contributed by atoms with E-state index in [4.69, 9.17) is 4.74 Å². The van der Waals surface area contributed by atoms with Crippen LogP contribution in [0, 0.1) is 5.41 Å². The van der Waals surface area contributed by atoms with Gasteiger partial charge in [0.2, 0.25) is 0 Å². The van der Waals surface area contributed by atoms with Gasteiger partial charge in [0.05, 0.1) is 6.61 Å². The lowest BCUT2D eigenvalue weighted by Gasteiger charge is -2.46. The summed E-state index contributed by atoms with van der Waals surface area (Å²) in [4.78, 5) is 2.65. The molecule has 2 atom stereocenters. The zero-order valence-corrected chi connectivity index (χ0v) is 11.7. The number of likely N-dealkylation sites (tertiary alicyclic amines) is 1. The number of ether oxygens (including phenoxy) is 1. The maximum absolute atomic E-state index is 5.66. The molecule has 2 aliphatic heterocycles. The van der Waals surface area contributed by atoms with Crippen LogP contribution >= 0.6 is 0 Å². The topological polar surface area (TPSA) is 24.5 Å². The standard InChI is InChI=1S/C14H28N2O/c1-4-14(2)6-8-16(9-7-14)13-11-17-10-5-12(13)15-3/h12-13,15H,4-11H2,1-3H3. The second kappa shape index (κ2) is 5.68. The SMILES string of the molecule is CCC1(C)CCN(C2COCCC2NC)CC1. The predicted octanol–water partition coefficient (Wildman–Crippen LogP) is 1.88. The molecular weight excluding hydrogens is 212 g/mol. The van der Waals surface area contributed by atoms with Crippen LogP contribution in [0.4, 0.5) is 0 Å². The molecule has 2 aliphatic rings. The highest BCUT2D eigenvalue weighted by Gasteiger charge is 2.35. The molecule has 100 valence electrons. The van der Waals surface area contributed by atoms with Crippen molar-refractivity contribution in [1.29, 1.82) is 0 Å². The Kier molecular flexibility index (Phi) is 4.45. The number of hydrogen-bond donors (Lipinski definition) is 1. The van der Waals surface area contributed by atoms with Crippen molar-refractivity contribution in [3.05, 3.63) is 0 Å². The van der Waals surface area contributed by atoms with Crippen LogP contribution in [0.5, 0.6) is 0 Å². The van der Waals surface area contributed by atoms with Crippen LogP contribution in [-0.2, 0) is 4.74 Å². The molecule has 2 fully saturated rings. The summed E-state index contributed by atoms with van der Waals surface area (Å²) < 4.78 is 5.66. The second-order valence-corrected chi connectivity index (χ2v) is 6.03. The summed E-state index contributed by atoms with van der Waals surface area (Å²) in [5.41, 5.74) is 0.584. The Balaban J connectivity index is 1.90. The Morgan fingerprint density at radius 1 is 1.35 bits per heavy atom. The molecule has 2 unspecified atom stereocenters. The van der Waals surface area contributed by atoms with Gasteiger partial charge in [0.25, 0.3) is 0 Å². The van der Waals surface area contributed by atoms with E-state index in [1.54, 1.807) is 0 Å². The van der Waals surface area contributed by atoms with Gasteiger partial charge in [0.15, 0.2) is 0 Å². The maximum atomic E-state index is 5.66. The van der Waals surface area contributed by atoms with Gasteiger partial charge in [-0.25, -0.2) is 0 Å². The number of nitrogens with one attached hydrogen (secondary N) is 1. The zero-order chi connectivity index (χ0) is 12.3. The molecule has 0 aromatic carbocycles. The summed E-state index contributed by atoms with van der Waals surface area (Å²) in [6, 6.07) is 1.21. The van der Waals surface area contributed by atoms with Gasteiger partial charge >= 0.3 is 0 Å².